The van der Waals surface area contributed by atoms with Gasteiger partial charge in [-0.05, 0) is 0 Å². The minimum Gasteiger partial charge on any atom is -0.790 e. The van der Waals surface area contributed by atoms with Crippen molar-refractivity contribution >= 4 is 15.6 Å². The molecule has 0 fully saturated rings. The average Bonchev–Trinajstić information content (AvgIpc) is 1.12. The van der Waals surface area contributed by atoms with E-state index in [0.717, 1.165) is 0 Å². The van der Waals surface area contributed by atoms with E-state index in [2.05, 4.69) is 0 Å². The molecular weight excluding hydrogens is 307 g/mol. The summed E-state index contributed by atoms with van der Waals surface area (Å²) in [6.45, 7) is 0. The fourth-order valence-electron chi connectivity index (χ4n) is 0. The van der Waals surface area contributed by atoms with Gasteiger partial charge in [-0.25, -0.2) is 0 Å². The van der Waals surface area contributed by atoms with Gasteiger partial charge in [0.15, 0.2) is 0 Å². The van der Waals surface area contributed by atoms with Crippen LogP contribution in [0.5, 0.6) is 0 Å². The van der Waals surface area contributed by atoms with Crippen molar-refractivity contribution < 1.29 is 144 Å². The summed E-state index contributed by atoms with van der Waals surface area (Å²) >= 11 is 0. The molecule has 0 aliphatic rings. The van der Waals surface area contributed by atoms with Crippen molar-refractivity contribution in [2.45, 2.75) is 0 Å². The fraction of sp³-hybridized carbons (Fsp3) is 0. The van der Waals surface area contributed by atoms with Crippen LogP contribution in [0.15, 0.2) is 0 Å². The molecule has 0 saturated heterocycles. The quantitative estimate of drug-likeness (QED) is 0.284. The van der Waals surface area contributed by atoms with Crippen LogP contribution in [-0.4, -0.2) is 31.1 Å². The molecule has 0 aliphatic carbocycles. The molecule has 16 heteroatoms. The minimum absolute atomic E-state index is 0. The Hall–Kier alpha value is 3.10. The third-order valence-electron chi connectivity index (χ3n) is 0. The van der Waals surface area contributed by atoms with E-state index in [1.54, 1.807) is 0 Å². The Bertz CT molecular complexity index is 132. The van der Waals surface area contributed by atoms with Gasteiger partial charge in [-0.3, -0.25) is 4.57 Å². The second-order valence-corrected chi connectivity index (χ2v) is 2.88. The predicted molar refractivity (Wildman–Crippen MR) is 32.7 cm³/mol. The van der Waals surface area contributed by atoms with Crippen molar-refractivity contribution in [1.82, 2.24) is 0 Å². The molecule has 88 valence electrons. The van der Waals surface area contributed by atoms with E-state index in [1.807, 2.05) is 0 Å². The van der Waals surface area contributed by atoms with Gasteiger partial charge in [-0.1, -0.05) is 0 Å². The van der Waals surface area contributed by atoms with Crippen LogP contribution in [-0.2, 0) is 9.13 Å². The first-order valence-corrected chi connectivity index (χ1v) is 4.54. The summed E-state index contributed by atoms with van der Waals surface area (Å²) in [4.78, 5) is 47.2. The van der Waals surface area contributed by atoms with Gasteiger partial charge in [0.1, 0.15) is 0 Å². The molecule has 16 heavy (non-hydrogen) atoms. The topological polar surface area (TPSA) is 259 Å². The van der Waals surface area contributed by atoms with Gasteiger partial charge in [0.25, 0.3) is 7.82 Å². The zero-order valence-electron chi connectivity index (χ0n) is 8.78. The first-order chi connectivity index (χ1) is 4.00. The summed E-state index contributed by atoms with van der Waals surface area (Å²) in [5, 5.41) is 0. The first-order valence-electron chi connectivity index (χ1n) is 1.51. The summed E-state index contributed by atoms with van der Waals surface area (Å²) in [5.74, 6) is 0. The van der Waals surface area contributed by atoms with Gasteiger partial charge in [-0.15, -0.1) is 0 Å². The van der Waals surface area contributed by atoms with Gasteiger partial charge in [0.05, 0.1) is 7.82 Å². The van der Waals surface area contributed by atoms with Crippen molar-refractivity contribution in [3.05, 3.63) is 0 Å². The molecule has 0 aliphatic heterocycles. The van der Waals surface area contributed by atoms with E-state index in [9.17, 15) is 0 Å². The second-order valence-electron chi connectivity index (χ2n) is 0.959. The first kappa shape index (κ1) is 50.8. The number of hydrogen-bond acceptors (Lipinski definition) is 5. The molecule has 0 saturated carbocycles. The Labute approximate surface area is 157 Å². The predicted octanol–water partition coefficient (Wildman–Crippen LogP) is -15.2. The Balaban J connectivity index is -0.00000000970. The third-order valence-corrected chi connectivity index (χ3v) is 0. The van der Waals surface area contributed by atoms with Crippen molar-refractivity contribution in [2.24, 2.45) is 0 Å². The molecule has 9 N–H and O–H groups in total. The largest absolute Gasteiger partial charge is 1.00 e. The number of phosphoric acid groups is 2. The monoisotopic (exact) mass is 316 g/mol. The Morgan fingerprint density at radius 1 is 0.688 bits per heavy atom. The van der Waals surface area contributed by atoms with Crippen LogP contribution < -0.4 is 103 Å². The van der Waals surface area contributed by atoms with Crippen molar-refractivity contribution in [1.29, 1.82) is 0 Å². The van der Waals surface area contributed by atoms with Crippen molar-refractivity contribution in [3.63, 3.8) is 0 Å². The molecule has 0 aromatic heterocycles. The molecule has 0 amide bonds. The van der Waals surface area contributed by atoms with Crippen LogP contribution in [0.4, 0.5) is 0 Å². The summed E-state index contributed by atoms with van der Waals surface area (Å²) in [5.41, 5.74) is 0. The zero-order valence-corrected chi connectivity index (χ0v) is 16.6. The van der Waals surface area contributed by atoms with Crippen LogP contribution in [0.3, 0.4) is 0 Å². The van der Waals surface area contributed by atoms with Crippen molar-refractivity contribution in [2.75, 3.05) is 0 Å². The number of hydrogen-bond donors (Lipinski definition) is 3. The van der Waals surface area contributed by atoms with Crippen LogP contribution in [0.1, 0.15) is 0 Å². The molecule has 0 rings (SSSR count). The molecule has 0 unspecified atom stereocenters. The smallest absolute Gasteiger partial charge is 0.790 e. The standard InChI is InChI=1S/3Na.2H3O4P.3H2O/c;;;2*1-5(2,3)4;;;/h;;;2*(H3,1,2,3,4);3*1H2/q3*+1;;;;;/p-3. The minimum atomic E-state index is -5.14. The molecule has 0 bridgehead atoms. The van der Waals surface area contributed by atoms with Gasteiger partial charge in [-0.2, -0.15) is 0 Å². The van der Waals surface area contributed by atoms with E-state index >= 15 is 0 Å². The zero-order chi connectivity index (χ0) is 9.00. The molecule has 11 nitrogen and oxygen atoms in total. The second kappa shape index (κ2) is 23.2. The summed E-state index contributed by atoms with van der Waals surface area (Å²) in [6, 6.07) is 0. The van der Waals surface area contributed by atoms with Crippen molar-refractivity contribution in [3.8, 4) is 0 Å². The van der Waals surface area contributed by atoms with Gasteiger partial charge in [0.2, 0.25) is 0 Å². The third kappa shape index (κ3) is 461. The molecule has 0 heterocycles. The molecule has 0 spiro atoms. The van der Waals surface area contributed by atoms with Crippen LogP contribution in [0.25, 0.3) is 0 Å². The Morgan fingerprint density at radius 3 is 0.688 bits per heavy atom. The van der Waals surface area contributed by atoms with E-state index < -0.39 is 15.6 Å². The van der Waals surface area contributed by atoms with E-state index in [0.29, 0.717) is 0 Å². The van der Waals surface area contributed by atoms with E-state index in [4.69, 9.17) is 38.5 Å². The molecular formula is H9Na3O11P2. The van der Waals surface area contributed by atoms with Gasteiger partial charge in [0, 0.05) is 0 Å². The maximum atomic E-state index is 8.77. The normalized spacial score (nSPS) is 7.38. The number of rotatable bonds is 0. The maximum Gasteiger partial charge on any atom is 1.00 e. The summed E-state index contributed by atoms with van der Waals surface area (Å²) < 4.78 is 17.4. The molecule has 0 aromatic carbocycles. The van der Waals surface area contributed by atoms with Crippen LogP contribution >= 0.6 is 15.6 Å². The maximum absolute atomic E-state index is 8.77. The van der Waals surface area contributed by atoms with Crippen LogP contribution in [0.2, 0.25) is 0 Å². The van der Waals surface area contributed by atoms with Crippen LogP contribution in [0, 0.1) is 0 Å². The Kier molecular flexibility index (Phi) is 73.7. The van der Waals surface area contributed by atoms with Gasteiger partial charge < -0.3 is 50.4 Å². The molecule has 0 atom stereocenters. The van der Waals surface area contributed by atoms with E-state index in [1.165, 1.54) is 0 Å². The van der Waals surface area contributed by atoms with Gasteiger partial charge >= 0.3 is 88.7 Å². The van der Waals surface area contributed by atoms with E-state index in [-0.39, 0.29) is 105 Å². The Morgan fingerprint density at radius 2 is 0.688 bits per heavy atom. The summed E-state index contributed by atoms with van der Waals surface area (Å²) in [7, 11) is -10.0. The SMILES string of the molecule is O.O.O.O=P([O-])(O)O.O=P([O-])([O-])O.[Na+].[Na+].[Na+]. The summed E-state index contributed by atoms with van der Waals surface area (Å²) in [6.07, 6.45) is 0. The fourth-order valence-corrected chi connectivity index (χ4v) is 0. The average molecular weight is 316 g/mol. The molecule has 0 aromatic rings. The molecule has 0 radical (unpaired) electrons.